The Hall–Kier alpha value is -8.13. The van der Waals surface area contributed by atoms with Gasteiger partial charge in [0.15, 0.2) is 0 Å². The third kappa shape index (κ3) is 1.33. The first kappa shape index (κ1) is 25.9. The van der Waals surface area contributed by atoms with Crippen LogP contribution in [0.4, 0.5) is 0 Å². The fraction of sp³-hybridized carbons (Fsp3) is 0.103. The number of rotatable bonds is 2. The van der Waals surface area contributed by atoms with Gasteiger partial charge < -0.3 is 0 Å². The predicted molar refractivity (Wildman–Crippen MR) is 291 cm³/mol. The van der Waals surface area contributed by atoms with E-state index in [1.807, 2.05) is 6.92 Å². The lowest BCUT2D eigenvalue weighted by Gasteiger charge is -2.70. The molecule has 1 fully saturated rings. The number of carbonyl (C=O) groups excluding carboxylic acids is 1. The molecule has 28 aromatic carbocycles. The Bertz CT molecular complexity index is 7070. The van der Waals surface area contributed by atoms with Gasteiger partial charge in [0, 0.05) is 22.7 Å². The maximum absolute atomic E-state index is 15.7. The van der Waals surface area contributed by atoms with Crippen molar-refractivity contribution in [1.82, 2.24) is 0 Å². The largest absolute Gasteiger partial charge is 0.300 e. The van der Waals surface area contributed by atoms with Gasteiger partial charge in [0.05, 0.1) is 0 Å². The summed E-state index contributed by atoms with van der Waals surface area (Å²) >= 11 is 0. The van der Waals surface area contributed by atoms with Crippen molar-refractivity contribution in [3.8, 4) is 0 Å². The minimum atomic E-state index is -0.471. The molecule has 0 saturated heterocycles. The first-order valence-electron chi connectivity index (χ1n) is 26.0. The Morgan fingerprint density at radius 3 is 0.536 bits per heavy atom. The van der Waals surface area contributed by atoms with Crippen LogP contribution >= 0.6 is 0 Å². The molecule has 0 N–H and O–H groups in total. The molecule has 1 nitrogen and oxygen atoms in total. The highest BCUT2D eigenvalue weighted by Gasteiger charge is 2.82. The first-order valence-corrected chi connectivity index (χ1v) is 26.0. The summed E-state index contributed by atoms with van der Waals surface area (Å²) in [6.45, 7) is 6.70. The van der Waals surface area contributed by atoms with Crippen LogP contribution in [0.1, 0.15) is 43.0 Å². The van der Waals surface area contributed by atoms with Crippen LogP contribution in [0.3, 0.4) is 0 Å². The summed E-state index contributed by atoms with van der Waals surface area (Å²) in [4.78, 5) is 15.7. The second-order valence-electron chi connectivity index (χ2n) is 26.2. The fourth-order valence-electron chi connectivity index (χ4n) is 26.1. The van der Waals surface area contributed by atoms with E-state index in [0.717, 1.165) is 0 Å². The zero-order chi connectivity index (χ0) is 41.5. The van der Waals surface area contributed by atoms with E-state index in [1.54, 1.807) is 313 Å². The van der Waals surface area contributed by atoms with Gasteiger partial charge in [0.2, 0.25) is 0 Å². The Morgan fingerprint density at radius 2 is 0.391 bits per heavy atom. The average Bonchev–Trinajstić information content (AvgIpc) is 4.33. The number of ketones is 1. The molecule has 69 heavy (non-hydrogen) atoms. The van der Waals surface area contributed by atoms with Crippen LogP contribution in [0, 0.1) is 11.8 Å². The Kier molecular flexibility index (Phi) is 2.13. The van der Waals surface area contributed by atoms with Gasteiger partial charge >= 0.3 is 0 Å². The predicted octanol–water partition coefficient (Wildman–Crippen LogP) is 18.1. The highest BCUT2D eigenvalue weighted by Crippen LogP contribution is 2.89. The van der Waals surface area contributed by atoms with E-state index in [4.69, 9.17) is 0 Å². The molecule has 0 aliphatic heterocycles. The highest BCUT2D eigenvalue weighted by molar-refractivity contribution is 6.82. The van der Waals surface area contributed by atoms with Gasteiger partial charge in [-0.2, -0.15) is 0 Å². The summed E-state index contributed by atoms with van der Waals surface area (Å²) < 4.78 is 0. The van der Waals surface area contributed by atoms with Gasteiger partial charge in [-0.3, -0.25) is 4.79 Å². The molecule has 2 spiro atoms. The van der Waals surface area contributed by atoms with Crippen molar-refractivity contribution < 1.29 is 4.79 Å². The maximum Gasteiger partial charge on any atom is 0.134 e. The molecule has 5 aliphatic carbocycles. The van der Waals surface area contributed by atoms with Crippen molar-refractivity contribution >= 4 is 297 Å². The molecule has 33 rings (SSSR count). The zero-order valence-corrected chi connectivity index (χ0v) is 36.1. The summed E-state index contributed by atoms with van der Waals surface area (Å²) in [5.74, 6) is 0.347. The van der Waals surface area contributed by atoms with E-state index in [2.05, 4.69) is 19.9 Å². The second-order valence-corrected chi connectivity index (χ2v) is 26.2. The highest BCUT2D eigenvalue weighted by atomic mass is 16.1. The van der Waals surface area contributed by atoms with Crippen molar-refractivity contribution in [2.45, 2.75) is 31.6 Å². The molecule has 0 amide bonds. The molecule has 0 unspecified atom stereocenters. The average molecular weight is 845 g/mol. The van der Waals surface area contributed by atoms with Crippen LogP contribution in [-0.2, 0) is 15.6 Å². The number of hydrogen-bond acceptors (Lipinski definition) is 1. The third-order valence-corrected chi connectivity index (χ3v) is 25.7. The molecule has 1 saturated carbocycles. The molecule has 290 valence electrons. The molecular formula is C68H12O. The van der Waals surface area contributed by atoms with E-state index in [-0.39, 0.29) is 17.3 Å². The van der Waals surface area contributed by atoms with E-state index in [1.165, 1.54) is 5.57 Å². The van der Waals surface area contributed by atoms with Crippen LogP contribution in [0.2, 0.25) is 0 Å². The van der Waals surface area contributed by atoms with Crippen LogP contribution in [0.15, 0.2) is 11.6 Å². The van der Waals surface area contributed by atoms with E-state index in [9.17, 15) is 0 Å². The number of allylic oxidation sites excluding steroid dienone is 2. The summed E-state index contributed by atoms with van der Waals surface area (Å²) in [5.41, 5.74) is 7.12. The van der Waals surface area contributed by atoms with Crippen molar-refractivity contribution in [3.63, 3.8) is 0 Å². The van der Waals surface area contributed by atoms with Gasteiger partial charge in [-0.05, 0) is 334 Å². The second kappa shape index (κ2) is 5.70. The SMILES string of the molecule is CC(=O)[C@@H]1[C@@H](C=C(C)C)C23c4c5c6c7c8c9c(c%10c%11c2c2c4c4c%12c5c5c6c6c8c8c%13c9c9c%10c%10c%11c%11c2c2c4c4c%12c%12c5c5c6c8c6c8c%13c9c9c%10c%10c%11c2c2c4c4c%12c5c6c5c8c9c%10c2c45)C713. The number of hydrogen-bond donors (Lipinski definition) is 0. The van der Waals surface area contributed by atoms with Gasteiger partial charge in [0.1, 0.15) is 5.78 Å². The monoisotopic (exact) mass is 844 g/mol. The number of Topliss-reactive ketones (excluding diaryl/α,β-unsaturated/α-hetero) is 1. The Morgan fingerprint density at radius 1 is 0.246 bits per heavy atom. The lowest BCUT2D eigenvalue weighted by molar-refractivity contribution is -0.134. The number of carbonyl (C=O) groups is 1. The molecule has 1 heteroatoms. The van der Waals surface area contributed by atoms with Crippen LogP contribution < -0.4 is 0 Å². The van der Waals surface area contributed by atoms with Crippen molar-refractivity contribution in [2.24, 2.45) is 11.8 Å². The minimum absolute atomic E-state index is 0.0794. The smallest absolute Gasteiger partial charge is 0.134 e. The molecule has 28 aromatic rings. The quantitative estimate of drug-likeness (QED) is 0.125. The van der Waals surface area contributed by atoms with Gasteiger partial charge in [-0.15, -0.1) is 0 Å². The molecule has 0 aromatic heterocycles. The molecular weight excluding hydrogens is 833 g/mol. The van der Waals surface area contributed by atoms with E-state index in [0.29, 0.717) is 5.78 Å². The van der Waals surface area contributed by atoms with Crippen LogP contribution in [0.25, 0.3) is 291 Å². The Labute approximate surface area is 376 Å². The zero-order valence-electron chi connectivity index (χ0n) is 36.1. The Balaban J connectivity index is 1.22. The van der Waals surface area contributed by atoms with Crippen molar-refractivity contribution in [1.29, 1.82) is 0 Å². The van der Waals surface area contributed by atoms with E-state index < -0.39 is 5.41 Å². The van der Waals surface area contributed by atoms with Crippen molar-refractivity contribution in [3.05, 3.63) is 33.9 Å². The van der Waals surface area contributed by atoms with Gasteiger partial charge in [-0.1, -0.05) is 11.6 Å². The molecule has 2 atom stereocenters. The topological polar surface area (TPSA) is 17.1 Å². The maximum atomic E-state index is 15.7. The summed E-state index contributed by atoms with van der Waals surface area (Å²) in [7, 11) is 0. The van der Waals surface area contributed by atoms with Gasteiger partial charge in [-0.25, -0.2) is 0 Å². The minimum Gasteiger partial charge on any atom is -0.300 e. The molecule has 5 aliphatic rings. The van der Waals surface area contributed by atoms with Crippen LogP contribution in [0.5, 0.6) is 0 Å². The lowest BCUT2D eigenvalue weighted by atomic mass is 9.29. The summed E-state index contributed by atoms with van der Waals surface area (Å²) in [6, 6.07) is 0. The normalized spacial score (nSPS) is 24.6. The molecule has 0 radical (unpaired) electrons. The molecule has 0 heterocycles. The van der Waals surface area contributed by atoms with Crippen LogP contribution in [-0.4, -0.2) is 5.78 Å². The lowest BCUT2D eigenvalue weighted by Crippen LogP contribution is -2.73. The number of benzene rings is 18. The summed E-state index contributed by atoms with van der Waals surface area (Å²) in [6.07, 6.45) is 2.67. The van der Waals surface area contributed by atoms with Gasteiger partial charge in [0.25, 0.3) is 0 Å². The molecule has 0 bridgehead atoms. The summed E-state index contributed by atoms with van der Waals surface area (Å²) in [5, 5.41) is 87.6. The first-order chi connectivity index (χ1) is 34.1. The standard InChI is InChI=1S/C68H12O/c1-5(2)4-7-62(6(3)69)68-65-58-52-42-34-24-16-12-9-8-10-14(16)22-30(24)44(52)50-40-32(22)26-18(10)19-11(8)15-17-13(9)21-20(12)28(34)38-39-29(21)35-25(17)31-23(15)33-27(19)37-36(26)46(40)54-55-47(37)41(33)51-45(31)53-43(35)49(39)61(60(65)48(38)42)66(68)59(53)57(51)64(55)67(7,68)63(54)56(50)58/h4,7,62H,1-3H3/t7-,62-,67?,68?/m1/s1. The van der Waals surface area contributed by atoms with E-state index >= 15 is 4.79 Å². The third-order valence-electron chi connectivity index (χ3n) is 25.7. The van der Waals surface area contributed by atoms with Crippen molar-refractivity contribution in [2.75, 3.05) is 0 Å². The fourth-order valence-corrected chi connectivity index (χ4v) is 26.1.